The number of benzene rings is 1. The number of nitrogens with zero attached hydrogens (tertiary/aromatic N) is 1. The zero-order valence-corrected chi connectivity index (χ0v) is 17.9. The van der Waals surface area contributed by atoms with Gasteiger partial charge in [0.25, 0.3) is 5.56 Å². The van der Waals surface area contributed by atoms with Crippen molar-refractivity contribution in [3.63, 3.8) is 0 Å². The van der Waals surface area contributed by atoms with E-state index < -0.39 is 0 Å². The van der Waals surface area contributed by atoms with Crippen LogP contribution in [0.4, 0.5) is 0 Å². The fraction of sp³-hybridized carbons (Fsp3) is 0.150. The minimum absolute atomic E-state index is 0.147. The van der Waals surface area contributed by atoms with Crippen LogP contribution < -0.4 is 20.3 Å². The van der Waals surface area contributed by atoms with Gasteiger partial charge in [-0.1, -0.05) is 23.9 Å². The fourth-order valence-corrected chi connectivity index (χ4v) is 5.56. The Balaban J connectivity index is 1.23. The zero-order valence-electron chi connectivity index (χ0n) is 15.5. The lowest BCUT2D eigenvalue weighted by Gasteiger charge is -2.06. The molecule has 0 unspecified atom stereocenters. The zero-order chi connectivity index (χ0) is 20.5. The Kier molecular flexibility index (Phi) is 5.19. The molecule has 30 heavy (non-hydrogen) atoms. The second kappa shape index (κ2) is 8.13. The summed E-state index contributed by atoms with van der Waals surface area (Å²) >= 11 is 4.22. The van der Waals surface area contributed by atoms with Crippen LogP contribution in [0.15, 0.2) is 51.0 Å². The molecule has 0 bridgehead atoms. The second-order valence-corrected chi connectivity index (χ2v) is 9.20. The van der Waals surface area contributed by atoms with E-state index in [1.54, 1.807) is 11.3 Å². The molecule has 3 aromatic heterocycles. The largest absolute Gasteiger partial charge is 0.454 e. The number of hydrogen-bond acceptors (Lipinski definition) is 8. The van der Waals surface area contributed by atoms with E-state index >= 15 is 0 Å². The third-order valence-corrected chi connectivity index (χ3v) is 7.12. The van der Waals surface area contributed by atoms with E-state index in [1.165, 1.54) is 23.1 Å². The number of thioether (sulfide) groups is 1. The lowest BCUT2D eigenvalue weighted by molar-refractivity contribution is -0.118. The number of carbonyl (C=O) groups excluding carboxylic acids is 1. The average molecular weight is 458 g/mol. The van der Waals surface area contributed by atoms with E-state index in [2.05, 4.69) is 15.3 Å². The molecule has 4 heterocycles. The van der Waals surface area contributed by atoms with Crippen molar-refractivity contribution in [1.29, 1.82) is 0 Å². The molecule has 0 saturated carbocycles. The second-order valence-electron chi connectivity index (χ2n) is 6.43. The quantitative estimate of drug-likeness (QED) is 0.337. The molecule has 7 nitrogen and oxygen atoms in total. The topological polar surface area (TPSA) is 93.3 Å². The molecule has 0 aliphatic carbocycles. The van der Waals surface area contributed by atoms with Crippen molar-refractivity contribution in [3.05, 3.63) is 57.0 Å². The number of hydrogen-bond donors (Lipinski definition) is 2. The summed E-state index contributed by atoms with van der Waals surface area (Å²) in [5, 5.41) is 7.82. The minimum atomic E-state index is -0.187. The molecular formula is C20H15N3O4S3. The summed E-state index contributed by atoms with van der Waals surface area (Å²) in [5.41, 5.74) is 1.63. The third-order valence-electron chi connectivity index (χ3n) is 4.48. The van der Waals surface area contributed by atoms with Gasteiger partial charge in [0.1, 0.15) is 4.83 Å². The van der Waals surface area contributed by atoms with Crippen LogP contribution in [-0.2, 0) is 11.3 Å². The number of fused-ring (bicyclic) bond motifs is 2. The van der Waals surface area contributed by atoms with Crippen molar-refractivity contribution in [1.82, 2.24) is 15.3 Å². The maximum atomic E-state index is 12.6. The van der Waals surface area contributed by atoms with Gasteiger partial charge in [-0.15, -0.1) is 22.7 Å². The molecule has 152 valence electrons. The van der Waals surface area contributed by atoms with Gasteiger partial charge in [-0.25, -0.2) is 4.98 Å². The van der Waals surface area contributed by atoms with Crippen LogP contribution in [0, 0.1) is 0 Å². The van der Waals surface area contributed by atoms with Crippen LogP contribution in [-0.4, -0.2) is 28.4 Å². The van der Waals surface area contributed by atoms with Crippen LogP contribution in [0.5, 0.6) is 11.5 Å². The lowest BCUT2D eigenvalue weighted by Crippen LogP contribution is -2.24. The van der Waals surface area contributed by atoms with Crippen molar-refractivity contribution in [2.75, 3.05) is 12.5 Å². The molecular weight excluding hydrogens is 442 g/mol. The highest BCUT2D eigenvalue weighted by Gasteiger charge is 2.15. The normalized spacial score (nSPS) is 12.4. The van der Waals surface area contributed by atoms with Gasteiger partial charge in [0.05, 0.1) is 11.1 Å². The molecule has 1 aliphatic heterocycles. The highest BCUT2D eigenvalue weighted by atomic mass is 32.2. The van der Waals surface area contributed by atoms with Crippen molar-refractivity contribution >= 4 is 50.6 Å². The number of aromatic amines is 1. The number of nitrogens with one attached hydrogen (secondary N) is 2. The molecule has 0 fully saturated rings. The van der Waals surface area contributed by atoms with Gasteiger partial charge in [0.2, 0.25) is 12.7 Å². The Morgan fingerprint density at radius 2 is 2.13 bits per heavy atom. The van der Waals surface area contributed by atoms with Gasteiger partial charge in [0.15, 0.2) is 16.7 Å². The molecule has 1 amide bonds. The molecule has 1 aliphatic rings. The van der Waals surface area contributed by atoms with Crippen molar-refractivity contribution in [2.24, 2.45) is 0 Å². The Labute approximate surface area is 183 Å². The fourth-order valence-electron chi connectivity index (χ4n) is 3.05. The van der Waals surface area contributed by atoms with E-state index in [-0.39, 0.29) is 24.0 Å². The number of ether oxygens (including phenoxy) is 2. The van der Waals surface area contributed by atoms with E-state index in [0.29, 0.717) is 33.4 Å². The number of aromatic nitrogens is 2. The van der Waals surface area contributed by atoms with E-state index in [9.17, 15) is 9.59 Å². The smallest absolute Gasteiger partial charge is 0.260 e. The average Bonchev–Trinajstić information content (AvgIpc) is 3.50. The molecule has 0 saturated heterocycles. The molecule has 2 N–H and O–H groups in total. The number of H-pyrrole nitrogens is 1. The van der Waals surface area contributed by atoms with Gasteiger partial charge in [-0.3, -0.25) is 9.59 Å². The van der Waals surface area contributed by atoms with Gasteiger partial charge < -0.3 is 19.8 Å². The molecule has 0 atom stereocenters. The lowest BCUT2D eigenvalue weighted by atomic mass is 10.2. The molecule has 4 aromatic rings. The van der Waals surface area contributed by atoms with Crippen molar-refractivity contribution in [2.45, 2.75) is 11.7 Å². The highest BCUT2D eigenvalue weighted by Crippen LogP contribution is 2.34. The van der Waals surface area contributed by atoms with Crippen molar-refractivity contribution < 1.29 is 14.3 Å². The van der Waals surface area contributed by atoms with E-state index in [1.807, 2.05) is 41.1 Å². The first kappa shape index (κ1) is 19.2. The summed E-state index contributed by atoms with van der Waals surface area (Å²) in [7, 11) is 0. The predicted molar refractivity (Wildman–Crippen MR) is 119 cm³/mol. The Hall–Kier alpha value is -2.82. The Bertz CT molecular complexity index is 1280. The predicted octanol–water partition coefficient (Wildman–Crippen LogP) is 3.85. The summed E-state index contributed by atoms with van der Waals surface area (Å²) in [6, 6.07) is 9.50. The van der Waals surface area contributed by atoms with Crippen LogP contribution in [0.2, 0.25) is 0 Å². The molecule has 5 rings (SSSR count). The molecule has 1 aromatic carbocycles. The summed E-state index contributed by atoms with van der Waals surface area (Å²) < 4.78 is 10.6. The number of amides is 1. The number of carbonyl (C=O) groups is 1. The maximum absolute atomic E-state index is 12.6. The first-order valence-corrected chi connectivity index (χ1v) is 11.8. The summed E-state index contributed by atoms with van der Waals surface area (Å²) in [6.45, 7) is 0.602. The Morgan fingerprint density at radius 3 is 3.00 bits per heavy atom. The van der Waals surface area contributed by atoms with Crippen LogP contribution in [0.25, 0.3) is 20.7 Å². The SMILES string of the molecule is O=C(CSc1nc2scc(-c3cccs3)c2c(=O)[nH]1)NCc1ccc2c(c1)OCO2. The minimum Gasteiger partial charge on any atom is -0.454 e. The van der Waals surface area contributed by atoms with Gasteiger partial charge >= 0.3 is 0 Å². The monoisotopic (exact) mass is 457 g/mol. The maximum Gasteiger partial charge on any atom is 0.260 e. The number of rotatable bonds is 6. The number of thiophene rings is 2. The summed E-state index contributed by atoms with van der Waals surface area (Å²) in [4.78, 5) is 33.9. The summed E-state index contributed by atoms with van der Waals surface area (Å²) in [6.07, 6.45) is 0. The Morgan fingerprint density at radius 1 is 1.23 bits per heavy atom. The van der Waals surface area contributed by atoms with E-state index in [4.69, 9.17) is 9.47 Å². The van der Waals surface area contributed by atoms with E-state index in [0.717, 1.165) is 16.0 Å². The van der Waals surface area contributed by atoms with Crippen LogP contribution in [0.3, 0.4) is 0 Å². The van der Waals surface area contributed by atoms with Gasteiger partial charge in [-0.2, -0.15) is 0 Å². The molecule has 0 spiro atoms. The van der Waals surface area contributed by atoms with Gasteiger partial charge in [-0.05, 0) is 29.1 Å². The standard InChI is InChI=1S/C20H15N3O4S3/c24-16(21-7-11-3-4-13-14(6-11)27-10-26-13)9-30-20-22-18(25)17-12(8-29-19(17)23-20)15-2-1-5-28-15/h1-6,8H,7,9-10H2,(H,21,24)(H,22,23,25). The third kappa shape index (κ3) is 3.81. The summed E-state index contributed by atoms with van der Waals surface area (Å²) in [5.74, 6) is 1.40. The first-order valence-electron chi connectivity index (χ1n) is 9.01. The highest BCUT2D eigenvalue weighted by molar-refractivity contribution is 7.99. The molecule has 10 heteroatoms. The first-order chi connectivity index (χ1) is 14.7. The van der Waals surface area contributed by atoms with Crippen LogP contribution >= 0.6 is 34.4 Å². The van der Waals surface area contributed by atoms with Gasteiger partial charge in [0, 0.05) is 22.4 Å². The van der Waals surface area contributed by atoms with Crippen LogP contribution in [0.1, 0.15) is 5.56 Å². The molecule has 0 radical (unpaired) electrons. The van der Waals surface area contributed by atoms with Crippen molar-refractivity contribution in [3.8, 4) is 21.9 Å².